The molecule has 0 unspecified atom stereocenters. The van der Waals surface area contributed by atoms with Crippen LogP contribution in [-0.4, -0.2) is 22.0 Å². The number of carbonyl (C=O) groups excluding carboxylic acids is 1. The molecule has 1 aromatic carbocycles. The molecule has 2 rings (SSSR count). The SMILES string of the molecule is Cc1ccc(F)c(C(=O)Nc2cc(C(=O)O)ccn2)c1F. The molecule has 0 aliphatic carbocycles. The van der Waals surface area contributed by atoms with E-state index in [4.69, 9.17) is 5.11 Å². The lowest BCUT2D eigenvalue weighted by Crippen LogP contribution is -2.17. The first-order valence-corrected chi connectivity index (χ1v) is 5.85. The van der Waals surface area contributed by atoms with Gasteiger partial charge in [0.05, 0.1) is 5.56 Å². The van der Waals surface area contributed by atoms with Crippen LogP contribution in [0.5, 0.6) is 0 Å². The molecule has 0 aliphatic rings. The maximum Gasteiger partial charge on any atom is 0.335 e. The highest BCUT2D eigenvalue weighted by Crippen LogP contribution is 2.18. The molecule has 1 amide bonds. The van der Waals surface area contributed by atoms with Gasteiger partial charge in [0.25, 0.3) is 5.91 Å². The fourth-order valence-corrected chi connectivity index (χ4v) is 1.68. The van der Waals surface area contributed by atoms with Crippen molar-refractivity contribution in [3.8, 4) is 0 Å². The average molecular weight is 292 g/mol. The van der Waals surface area contributed by atoms with E-state index in [9.17, 15) is 18.4 Å². The number of aromatic nitrogens is 1. The summed E-state index contributed by atoms with van der Waals surface area (Å²) >= 11 is 0. The van der Waals surface area contributed by atoms with E-state index < -0.39 is 29.1 Å². The minimum Gasteiger partial charge on any atom is -0.478 e. The maximum absolute atomic E-state index is 13.8. The normalized spacial score (nSPS) is 10.2. The molecule has 0 saturated carbocycles. The van der Waals surface area contributed by atoms with E-state index in [0.29, 0.717) is 0 Å². The first kappa shape index (κ1) is 14.6. The first-order chi connectivity index (χ1) is 9.90. The predicted octanol–water partition coefficient (Wildman–Crippen LogP) is 2.62. The number of carbonyl (C=O) groups is 2. The van der Waals surface area contributed by atoms with Gasteiger partial charge in [-0.05, 0) is 30.7 Å². The van der Waals surface area contributed by atoms with E-state index in [1.807, 2.05) is 0 Å². The summed E-state index contributed by atoms with van der Waals surface area (Å²) in [4.78, 5) is 26.4. The average Bonchev–Trinajstić information content (AvgIpc) is 2.43. The van der Waals surface area contributed by atoms with Crippen LogP contribution in [0.2, 0.25) is 0 Å². The third kappa shape index (κ3) is 3.02. The van der Waals surface area contributed by atoms with Crippen molar-refractivity contribution in [3.63, 3.8) is 0 Å². The second-order valence-corrected chi connectivity index (χ2v) is 4.24. The van der Waals surface area contributed by atoms with Gasteiger partial charge in [0, 0.05) is 6.20 Å². The summed E-state index contributed by atoms with van der Waals surface area (Å²) < 4.78 is 27.4. The maximum atomic E-state index is 13.8. The molecule has 1 aromatic heterocycles. The highest BCUT2D eigenvalue weighted by Gasteiger charge is 2.19. The number of carboxylic acids is 1. The van der Waals surface area contributed by atoms with Gasteiger partial charge >= 0.3 is 5.97 Å². The van der Waals surface area contributed by atoms with E-state index in [0.717, 1.165) is 12.1 Å². The van der Waals surface area contributed by atoms with Gasteiger partial charge in [-0.2, -0.15) is 0 Å². The van der Waals surface area contributed by atoms with Gasteiger partial charge in [-0.1, -0.05) is 6.07 Å². The Morgan fingerprint density at radius 1 is 1.24 bits per heavy atom. The number of anilines is 1. The number of hydrogen-bond acceptors (Lipinski definition) is 3. The topological polar surface area (TPSA) is 79.3 Å². The second kappa shape index (κ2) is 5.66. The van der Waals surface area contributed by atoms with Gasteiger partial charge in [-0.25, -0.2) is 18.6 Å². The van der Waals surface area contributed by atoms with Crippen molar-refractivity contribution in [1.82, 2.24) is 4.98 Å². The Kier molecular flexibility index (Phi) is 3.93. The lowest BCUT2D eigenvalue weighted by molar-refractivity contribution is 0.0696. The van der Waals surface area contributed by atoms with Crippen molar-refractivity contribution in [2.45, 2.75) is 6.92 Å². The van der Waals surface area contributed by atoms with Gasteiger partial charge in [0.1, 0.15) is 23.0 Å². The number of aryl methyl sites for hydroxylation is 1. The third-order valence-corrected chi connectivity index (χ3v) is 2.76. The van der Waals surface area contributed by atoms with Gasteiger partial charge in [0.2, 0.25) is 0 Å². The predicted molar refractivity (Wildman–Crippen MR) is 70.2 cm³/mol. The van der Waals surface area contributed by atoms with Crippen LogP contribution in [0.25, 0.3) is 0 Å². The van der Waals surface area contributed by atoms with E-state index in [-0.39, 0.29) is 16.9 Å². The zero-order valence-corrected chi connectivity index (χ0v) is 10.9. The molecule has 2 aromatic rings. The number of benzene rings is 1. The molecule has 1 heterocycles. The van der Waals surface area contributed by atoms with Crippen LogP contribution >= 0.6 is 0 Å². The van der Waals surface area contributed by atoms with Crippen molar-refractivity contribution in [3.05, 3.63) is 58.8 Å². The van der Waals surface area contributed by atoms with Crippen molar-refractivity contribution < 1.29 is 23.5 Å². The Labute approximate surface area is 118 Å². The minimum absolute atomic E-state index is 0.106. The molecular weight excluding hydrogens is 282 g/mol. The zero-order chi connectivity index (χ0) is 15.6. The van der Waals surface area contributed by atoms with Crippen molar-refractivity contribution in [2.75, 3.05) is 5.32 Å². The third-order valence-electron chi connectivity index (χ3n) is 2.76. The van der Waals surface area contributed by atoms with Crippen LogP contribution in [0.3, 0.4) is 0 Å². The summed E-state index contributed by atoms with van der Waals surface area (Å²) in [5.74, 6) is -4.34. The largest absolute Gasteiger partial charge is 0.478 e. The number of halogens is 2. The molecular formula is C14H10F2N2O3. The van der Waals surface area contributed by atoms with Crippen LogP contribution < -0.4 is 5.32 Å². The quantitative estimate of drug-likeness (QED) is 0.911. The Morgan fingerprint density at radius 3 is 2.62 bits per heavy atom. The summed E-state index contributed by atoms with van der Waals surface area (Å²) in [5, 5.41) is 11.0. The number of rotatable bonds is 3. The molecule has 7 heteroatoms. The van der Waals surface area contributed by atoms with Gasteiger partial charge < -0.3 is 10.4 Å². The molecule has 108 valence electrons. The van der Waals surface area contributed by atoms with E-state index in [1.165, 1.54) is 25.3 Å². The monoisotopic (exact) mass is 292 g/mol. The van der Waals surface area contributed by atoms with Crippen LogP contribution in [0.15, 0.2) is 30.5 Å². The number of nitrogens with zero attached hydrogens (tertiary/aromatic N) is 1. The number of amides is 1. The standard InChI is InChI=1S/C14H10F2N2O3/c1-7-2-3-9(15)11(12(7)16)13(19)18-10-6-8(14(20)21)4-5-17-10/h2-6H,1H3,(H,20,21)(H,17,18,19). The van der Waals surface area contributed by atoms with Crippen LogP contribution in [0.4, 0.5) is 14.6 Å². The number of nitrogens with one attached hydrogen (secondary N) is 1. The van der Waals surface area contributed by atoms with Crippen LogP contribution in [0.1, 0.15) is 26.3 Å². The minimum atomic E-state index is -1.21. The molecule has 21 heavy (non-hydrogen) atoms. The molecule has 0 fully saturated rings. The van der Waals surface area contributed by atoms with E-state index >= 15 is 0 Å². The molecule has 0 radical (unpaired) electrons. The van der Waals surface area contributed by atoms with Crippen molar-refractivity contribution in [2.24, 2.45) is 0 Å². The zero-order valence-electron chi connectivity index (χ0n) is 10.9. The summed E-state index contributed by atoms with van der Waals surface area (Å²) in [6, 6.07) is 4.51. The molecule has 0 atom stereocenters. The summed E-state index contributed by atoms with van der Waals surface area (Å²) in [5.41, 5.74) is -0.725. The van der Waals surface area contributed by atoms with Crippen LogP contribution in [-0.2, 0) is 0 Å². The van der Waals surface area contributed by atoms with Crippen LogP contribution in [0, 0.1) is 18.6 Å². The lowest BCUT2D eigenvalue weighted by Gasteiger charge is -2.08. The Bertz CT molecular complexity index is 732. The fourth-order valence-electron chi connectivity index (χ4n) is 1.68. The Balaban J connectivity index is 2.33. The highest BCUT2D eigenvalue weighted by atomic mass is 19.1. The molecule has 0 saturated heterocycles. The summed E-state index contributed by atoms with van der Waals surface area (Å²) in [6.45, 7) is 1.40. The van der Waals surface area contributed by atoms with Gasteiger partial charge in [0.15, 0.2) is 0 Å². The Morgan fingerprint density at radius 2 is 1.95 bits per heavy atom. The van der Waals surface area contributed by atoms with Gasteiger partial charge in [-0.15, -0.1) is 0 Å². The first-order valence-electron chi connectivity index (χ1n) is 5.85. The van der Waals surface area contributed by atoms with E-state index in [2.05, 4.69) is 10.3 Å². The van der Waals surface area contributed by atoms with Gasteiger partial charge in [-0.3, -0.25) is 4.79 Å². The Hall–Kier alpha value is -2.83. The number of hydrogen-bond donors (Lipinski definition) is 2. The molecule has 2 N–H and O–H groups in total. The molecule has 0 aliphatic heterocycles. The lowest BCUT2D eigenvalue weighted by atomic mass is 10.1. The summed E-state index contributed by atoms with van der Waals surface area (Å²) in [6.07, 6.45) is 1.17. The summed E-state index contributed by atoms with van der Waals surface area (Å²) in [7, 11) is 0. The van der Waals surface area contributed by atoms with Crippen molar-refractivity contribution >= 4 is 17.7 Å². The smallest absolute Gasteiger partial charge is 0.335 e. The number of pyridine rings is 1. The van der Waals surface area contributed by atoms with Crippen molar-refractivity contribution in [1.29, 1.82) is 0 Å². The highest BCUT2D eigenvalue weighted by molar-refractivity contribution is 6.04. The second-order valence-electron chi connectivity index (χ2n) is 4.24. The molecule has 0 spiro atoms. The molecule has 5 nitrogen and oxygen atoms in total. The molecule has 0 bridgehead atoms. The fraction of sp³-hybridized carbons (Fsp3) is 0.0714. The van der Waals surface area contributed by atoms with E-state index in [1.54, 1.807) is 0 Å². The number of aromatic carboxylic acids is 1. The number of carboxylic acid groups (broad SMARTS) is 1.